The van der Waals surface area contributed by atoms with Gasteiger partial charge in [-0.15, -0.1) is 0 Å². The van der Waals surface area contributed by atoms with Gasteiger partial charge in [0.15, 0.2) is 0 Å². The lowest BCUT2D eigenvalue weighted by Gasteiger charge is -2.40. The van der Waals surface area contributed by atoms with Crippen molar-refractivity contribution in [3.8, 4) is 6.07 Å². The van der Waals surface area contributed by atoms with Gasteiger partial charge in [0, 0.05) is 37.2 Å². The molecule has 2 aromatic heterocycles. The lowest BCUT2D eigenvalue weighted by atomic mass is 9.92. The molecule has 1 aliphatic heterocycles. The number of fused-ring (bicyclic) bond motifs is 1. The molecule has 1 saturated carbocycles. The Labute approximate surface area is 152 Å². The highest BCUT2D eigenvalue weighted by Crippen LogP contribution is 2.42. The Balaban J connectivity index is 1.82. The molecule has 2 aliphatic rings. The number of nitriles is 1. The summed E-state index contributed by atoms with van der Waals surface area (Å²) in [4.78, 5) is 11.2. The third-order valence-electron chi connectivity index (χ3n) is 5.56. The molecule has 25 heavy (non-hydrogen) atoms. The lowest BCUT2D eigenvalue weighted by molar-refractivity contribution is -0.0132. The molecular weight excluding hydrogens is 336 g/mol. The molecule has 0 N–H and O–H groups in total. The zero-order valence-corrected chi connectivity index (χ0v) is 15.3. The Morgan fingerprint density at radius 2 is 2.08 bits per heavy atom. The molecule has 0 aromatic carbocycles. The number of nitrogens with zero attached hydrogens (tertiary/aromatic N) is 4. The first-order valence-electron chi connectivity index (χ1n) is 8.74. The minimum Gasteiger partial charge on any atom is -0.378 e. The van der Waals surface area contributed by atoms with Crippen LogP contribution in [0.15, 0.2) is 12.3 Å². The first-order valence-corrected chi connectivity index (χ1v) is 9.12. The van der Waals surface area contributed by atoms with Crippen molar-refractivity contribution in [2.45, 2.75) is 44.1 Å². The fourth-order valence-corrected chi connectivity index (χ4v) is 3.80. The molecular formula is C19H21ClN4O. The van der Waals surface area contributed by atoms with Crippen LogP contribution in [0.5, 0.6) is 0 Å². The highest BCUT2D eigenvalue weighted by Gasteiger charge is 2.32. The van der Waals surface area contributed by atoms with Crippen LogP contribution in [0.4, 0.5) is 5.69 Å². The highest BCUT2D eigenvalue weighted by molar-refractivity contribution is 6.31. The molecule has 0 bridgehead atoms. The van der Waals surface area contributed by atoms with Crippen LogP contribution >= 0.6 is 11.6 Å². The van der Waals surface area contributed by atoms with E-state index in [2.05, 4.69) is 33.9 Å². The van der Waals surface area contributed by atoms with Crippen LogP contribution in [0.2, 0.25) is 5.15 Å². The standard InChI is InChI=1S/C19H21ClN4O/c1-19(25-2)5-7-24(8-6-19)17-13-9-15(12-3-4-12)22-11-16(13)23-18(20)14(17)10-21/h9,11-12H,3-8H2,1-2H3. The second-order valence-corrected chi connectivity index (χ2v) is 7.64. The summed E-state index contributed by atoms with van der Waals surface area (Å²) >= 11 is 6.31. The molecule has 4 rings (SSSR count). The number of ether oxygens (including phenoxy) is 1. The molecule has 0 unspecified atom stereocenters. The SMILES string of the molecule is COC1(C)CCN(c2c(C#N)c(Cl)nc3cnc(C4CC4)cc23)CC1. The van der Waals surface area contributed by atoms with E-state index in [1.807, 2.05) is 0 Å². The van der Waals surface area contributed by atoms with Crippen LogP contribution in [0.3, 0.4) is 0 Å². The minimum atomic E-state index is -0.101. The van der Waals surface area contributed by atoms with E-state index in [0.29, 0.717) is 11.5 Å². The van der Waals surface area contributed by atoms with Gasteiger partial charge in [0.05, 0.1) is 23.0 Å². The summed E-state index contributed by atoms with van der Waals surface area (Å²) in [5, 5.41) is 10.9. The van der Waals surface area contributed by atoms with Crippen molar-refractivity contribution >= 4 is 28.2 Å². The van der Waals surface area contributed by atoms with E-state index in [1.165, 1.54) is 12.8 Å². The number of piperidine rings is 1. The lowest BCUT2D eigenvalue weighted by Crippen LogP contribution is -2.44. The summed E-state index contributed by atoms with van der Waals surface area (Å²) in [5.41, 5.74) is 3.11. The van der Waals surface area contributed by atoms with Gasteiger partial charge in [0.25, 0.3) is 0 Å². The number of hydrogen-bond donors (Lipinski definition) is 0. The smallest absolute Gasteiger partial charge is 0.149 e. The Morgan fingerprint density at radius 1 is 1.36 bits per heavy atom. The van der Waals surface area contributed by atoms with E-state index in [9.17, 15) is 5.26 Å². The van der Waals surface area contributed by atoms with Crippen LogP contribution in [0, 0.1) is 11.3 Å². The largest absolute Gasteiger partial charge is 0.378 e. The quantitative estimate of drug-likeness (QED) is 0.777. The molecule has 1 aliphatic carbocycles. The van der Waals surface area contributed by atoms with E-state index >= 15 is 0 Å². The Morgan fingerprint density at radius 3 is 2.68 bits per heavy atom. The number of methoxy groups -OCH3 is 1. The summed E-state index contributed by atoms with van der Waals surface area (Å²) in [6, 6.07) is 4.37. The van der Waals surface area contributed by atoms with Gasteiger partial charge in [-0.1, -0.05) is 11.6 Å². The molecule has 0 amide bonds. The zero-order valence-electron chi connectivity index (χ0n) is 14.5. The average Bonchev–Trinajstić information content (AvgIpc) is 3.46. The second kappa shape index (κ2) is 6.12. The van der Waals surface area contributed by atoms with Gasteiger partial charge in [0.2, 0.25) is 0 Å². The predicted molar refractivity (Wildman–Crippen MR) is 98.1 cm³/mol. The van der Waals surface area contributed by atoms with Crippen molar-refractivity contribution in [1.29, 1.82) is 5.26 Å². The molecule has 0 radical (unpaired) electrons. The fraction of sp³-hybridized carbons (Fsp3) is 0.526. The van der Waals surface area contributed by atoms with Gasteiger partial charge < -0.3 is 9.64 Å². The van der Waals surface area contributed by atoms with Crippen molar-refractivity contribution < 1.29 is 4.74 Å². The molecule has 130 valence electrons. The van der Waals surface area contributed by atoms with Gasteiger partial charge >= 0.3 is 0 Å². The topological polar surface area (TPSA) is 62.0 Å². The molecule has 0 spiro atoms. The maximum absolute atomic E-state index is 9.69. The van der Waals surface area contributed by atoms with E-state index < -0.39 is 0 Å². The highest BCUT2D eigenvalue weighted by atomic mass is 35.5. The third-order valence-corrected chi connectivity index (χ3v) is 5.83. The fourth-order valence-electron chi connectivity index (χ4n) is 3.57. The minimum absolute atomic E-state index is 0.101. The van der Waals surface area contributed by atoms with Gasteiger partial charge in [-0.3, -0.25) is 4.98 Å². The van der Waals surface area contributed by atoms with Crippen molar-refractivity contribution in [2.24, 2.45) is 0 Å². The van der Waals surface area contributed by atoms with E-state index in [0.717, 1.165) is 48.2 Å². The molecule has 3 heterocycles. The summed E-state index contributed by atoms with van der Waals surface area (Å²) in [7, 11) is 1.77. The molecule has 0 atom stereocenters. The zero-order chi connectivity index (χ0) is 17.6. The van der Waals surface area contributed by atoms with Gasteiger partial charge in [0.1, 0.15) is 16.8 Å². The van der Waals surface area contributed by atoms with Gasteiger partial charge in [-0.2, -0.15) is 5.26 Å². The maximum Gasteiger partial charge on any atom is 0.149 e. The molecule has 2 fully saturated rings. The van der Waals surface area contributed by atoms with Crippen molar-refractivity contribution in [3.05, 3.63) is 28.7 Å². The third kappa shape index (κ3) is 2.94. The Kier molecular flexibility index (Phi) is 4.05. The van der Waals surface area contributed by atoms with E-state index in [-0.39, 0.29) is 10.8 Å². The molecule has 5 nitrogen and oxygen atoms in total. The number of aromatic nitrogens is 2. The summed E-state index contributed by atoms with van der Waals surface area (Å²) in [5.74, 6) is 0.552. The van der Waals surface area contributed by atoms with Crippen LogP contribution in [0.25, 0.3) is 10.9 Å². The van der Waals surface area contributed by atoms with Crippen LogP contribution in [0.1, 0.15) is 49.8 Å². The number of rotatable bonds is 3. The monoisotopic (exact) mass is 356 g/mol. The number of anilines is 1. The summed E-state index contributed by atoms with van der Waals surface area (Å²) in [6.45, 7) is 3.80. The normalized spacial score (nSPS) is 19.8. The van der Waals surface area contributed by atoms with E-state index in [1.54, 1.807) is 13.3 Å². The molecule has 6 heteroatoms. The Hall–Kier alpha value is -1.90. The van der Waals surface area contributed by atoms with Crippen molar-refractivity contribution in [2.75, 3.05) is 25.1 Å². The van der Waals surface area contributed by atoms with Crippen molar-refractivity contribution in [3.63, 3.8) is 0 Å². The number of halogens is 1. The molecule has 1 saturated heterocycles. The summed E-state index contributed by atoms with van der Waals surface area (Å²) < 4.78 is 5.65. The summed E-state index contributed by atoms with van der Waals surface area (Å²) in [6.07, 6.45) is 6.00. The van der Waals surface area contributed by atoms with Crippen molar-refractivity contribution in [1.82, 2.24) is 9.97 Å². The number of pyridine rings is 2. The van der Waals surface area contributed by atoms with Gasteiger partial charge in [-0.25, -0.2) is 4.98 Å². The average molecular weight is 357 g/mol. The van der Waals surface area contributed by atoms with Crippen LogP contribution in [-0.2, 0) is 4.74 Å². The Bertz CT molecular complexity index is 864. The maximum atomic E-state index is 9.69. The van der Waals surface area contributed by atoms with Gasteiger partial charge in [-0.05, 0) is 38.7 Å². The van der Waals surface area contributed by atoms with Crippen LogP contribution < -0.4 is 4.90 Å². The predicted octanol–water partition coefficient (Wildman–Crippen LogP) is 4.04. The number of hydrogen-bond acceptors (Lipinski definition) is 5. The first kappa shape index (κ1) is 16.6. The van der Waals surface area contributed by atoms with Crippen LogP contribution in [-0.4, -0.2) is 35.8 Å². The second-order valence-electron chi connectivity index (χ2n) is 7.28. The molecule has 2 aromatic rings. The van der Waals surface area contributed by atoms with E-state index in [4.69, 9.17) is 16.3 Å². The first-order chi connectivity index (χ1) is 12.0.